The molecule has 0 aliphatic heterocycles. The number of nitrogens with one attached hydrogen (secondary N) is 1. The normalized spacial score (nSPS) is 14.4. The molecular weight excluding hydrogens is 216 g/mol. The number of nitrogens with zero attached hydrogens (tertiary/aromatic N) is 1. The van der Waals surface area contributed by atoms with E-state index in [1.165, 1.54) is 9.75 Å². The van der Waals surface area contributed by atoms with Crippen LogP contribution in [0.15, 0.2) is 12.1 Å². The molecule has 0 bridgehead atoms. The van der Waals surface area contributed by atoms with Crippen LogP contribution in [-0.2, 0) is 0 Å². The fourth-order valence-corrected chi connectivity index (χ4v) is 2.25. The minimum Gasteiger partial charge on any atom is -0.308 e. The van der Waals surface area contributed by atoms with Crippen LogP contribution in [0.4, 0.5) is 0 Å². The Balaban J connectivity index is 2.50. The maximum Gasteiger partial charge on any atom is 0.0386 e. The van der Waals surface area contributed by atoms with Crippen LogP contribution in [-0.4, -0.2) is 31.1 Å². The predicted octanol–water partition coefficient (Wildman–Crippen LogP) is 3.05. The quantitative estimate of drug-likeness (QED) is 0.851. The number of likely N-dealkylation sites (N-methyl/N-ethyl adjacent to an activating group) is 1. The molecule has 16 heavy (non-hydrogen) atoms. The lowest BCUT2D eigenvalue weighted by Gasteiger charge is -2.33. The zero-order valence-electron chi connectivity index (χ0n) is 11.3. The standard InChI is InChI=1S/C13H24N2S/c1-10-7-8-12(16-10)11(2)14-9-13(3,4)15(5)6/h7-8,11,14H,9H2,1-6H3. The summed E-state index contributed by atoms with van der Waals surface area (Å²) in [6.07, 6.45) is 0. The van der Waals surface area contributed by atoms with Crippen molar-refractivity contribution in [2.24, 2.45) is 0 Å². The van der Waals surface area contributed by atoms with Crippen molar-refractivity contribution in [3.05, 3.63) is 21.9 Å². The molecule has 1 heterocycles. The van der Waals surface area contributed by atoms with Gasteiger partial charge in [0.15, 0.2) is 0 Å². The molecule has 0 radical (unpaired) electrons. The monoisotopic (exact) mass is 240 g/mol. The van der Waals surface area contributed by atoms with Crippen LogP contribution in [0.5, 0.6) is 0 Å². The zero-order valence-corrected chi connectivity index (χ0v) is 12.1. The van der Waals surface area contributed by atoms with E-state index >= 15 is 0 Å². The molecule has 0 amide bonds. The van der Waals surface area contributed by atoms with E-state index < -0.39 is 0 Å². The zero-order chi connectivity index (χ0) is 12.3. The summed E-state index contributed by atoms with van der Waals surface area (Å²) < 4.78 is 0. The predicted molar refractivity (Wildman–Crippen MR) is 73.2 cm³/mol. The van der Waals surface area contributed by atoms with Gasteiger partial charge in [-0.05, 0) is 53.9 Å². The minimum atomic E-state index is 0.195. The largest absolute Gasteiger partial charge is 0.308 e. The highest BCUT2D eigenvalue weighted by molar-refractivity contribution is 7.12. The summed E-state index contributed by atoms with van der Waals surface area (Å²) in [7, 11) is 4.25. The van der Waals surface area contributed by atoms with E-state index in [9.17, 15) is 0 Å². The lowest BCUT2D eigenvalue weighted by Crippen LogP contribution is -2.47. The van der Waals surface area contributed by atoms with Crippen molar-refractivity contribution in [1.29, 1.82) is 0 Å². The number of hydrogen-bond donors (Lipinski definition) is 1. The van der Waals surface area contributed by atoms with Crippen molar-refractivity contribution < 1.29 is 0 Å². The second-order valence-electron chi connectivity index (χ2n) is 5.26. The van der Waals surface area contributed by atoms with Gasteiger partial charge < -0.3 is 10.2 Å². The Bertz CT molecular complexity index is 328. The molecule has 0 fully saturated rings. The van der Waals surface area contributed by atoms with Crippen LogP contribution in [0.2, 0.25) is 0 Å². The number of thiophene rings is 1. The molecule has 3 heteroatoms. The summed E-state index contributed by atoms with van der Waals surface area (Å²) in [5.74, 6) is 0. The SMILES string of the molecule is Cc1ccc(C(C)NCC(C)(C)N(C)C)s1. The van der Waals surface area contributed by atoms with E-state index in [-0.39, 0.29) is 5.54 Å². The Morgan fingerprint density at radius 2 is 2.00 bits per heavy atom. The van der Waals surface area contributed by atoms with Gasteiger partial charge in [0.05, 0.1) is 0 Å². The maximum absolute atomic E-state index is 3.60. The first-order chi connectivity index (χ1) is 7.33. The highest BCUT2D eigenvalue weighted by atomic mass is 32.1. The van der Waals surface area contributed by atoms with Gasteiger partial charge in [0, 0.05) is 27.9 Å². The highest BCUT2D eigenvalue weighted by Gasteiger charge is 2.21. The van der Waals surface area contributed by atoms with Gasteiger partial charge >= 0.3 is 0 Å². The van der Waals surface area contributed by atoms with Crippen molar-refractivity contribution in [3.63, 3.8) is 0 Å². The van der Waals surface area contributed by atoms with Gasteiger partial charge in [0.1, 0.15) is 0 Å². The molecule has 0 saturated carbocycles. The first-order valence-corrected chi connectivity index (χ1v) is 6.62. The van der Waals surface area contributed by atoms with Crippen LogP contribution in [0, 0.1) is 6.92 Å². The van der Waals surface area contributed by atoms with Crippen molar-refractivity contribution >= 4 is 11.3 Å². The van der Waals surface area contributed by atoms with Crippen LogP contribution in [0.1, 0.15) is 36.6 Å². The van der Waals surface area contributed by atoms with Crippen LogP contribution >= 0.6 is 11.3 Å². The molecule has 2 nitrogen and oxygen atoms in total. The van der Waals surface area contributed by atoms with E-state index in [0.717, 1.165) is 6.54 Å². The topological polar surface area (TPSA) is 15.3 Å². The number of rotatable bonds is 5. The molecule has 1 rings (SSSR count). The average Bonchev–Trinajstić information content (AvgIpc) is 2.61. The Labute approximate surface area is 104 Å². The Morgan fingerprint density at radius 1 is 1.38 bits per heavy atom. The molecule has 1 N–H and O–H groups in total. The second kappa shape index (κ2) is 5.30. The molecule has 1 aromatic rings. The lowest BCUT2D eigenvalue weighted by atomic mass is 10.0. The molecule has 0 aliphatic rings. The van der Waals surface area contributed by atoms with Gasteiger partial charge in [-0.3, -0.25) is 0 Å². The van der Waals surface area contributed by atoms with Crippen molar-refractivity contribution in [2.45, 2.75) is 39.3 Å². The average molecular weight is 240 g/mol. The minimum absolute atomic E-state index is 0.195. The molecule has 1 aromatic heterocycles. The Hall–Kier alpha value is -0.380. The fraction of sp³-hybridized carbons (Fsp3) is 0.692. The van der Waals surface area contributed by atoms with Gasteiger partial charge in [-0.1, -0.05) is 0 Å². The molecular formula is C13H24N2S. The molecule has 92 valence electrons. The lowest BCUT2D eigenvalue weighted by molar-refractivity contribution is 0.185. The van der Waals surface area contributed by atoms with Crippen LogP contribution in [0.3, 0.4) is 0 Å². The van der Waals surface area contributed by atoms with Gasteiger partial charge in [0.25, 0.3) is 0 Å². The molecule has 0 aliphatic carbocycles. The summed E-state index contributed by atoms with van der Waals surface area (Å²) in [4.78, 5) is 5.06. The van der Waals surface area contributed by atoms with Crippen LogP contribution < -0.4 is 5.32 Å². The summed E-state index contributed by atoms with van der Waals surface area (Å²) in [5, 5.41) is 3.60. The third-order valence-corrected chi connectivity index (χ3v) is 4.42. The molecule has 1 unspecified atom stereocenters. The Kier molecular flexibility index (Phi) is 4.53. The third kappa shape index (κ3) is 3.58. The first kappa shape index (κ1) is 13.7. The van der Waals surface area contributed by atoms with Gasteiger partial charge in [-0.2, -0.15) is 0 Å². The smallest absolute Gasteiger partial charge is 0.0386 e. The molecule has 0 saturated heterocycles. The molecule has 1 atom stereocenters. The first-order valence-electron chi connectivity index (χ1n) is 5.80. The van der Waals surface area contributed by atoms with Gasteiger partial charge in [-0.25, -0.2) is 0 Å². The van der Waals surface area contributed by atoms with Crippen molar-refractivity contribution in [1.82, 2.24) is 10.2 Å². The molecule has 0 aromatic carbocycles. The van der Waals surface area contributed by atoms with E-state index in [4.69, 9.17) is 0 Å². The number of aryl methyl sites for hydroxylation is 1. The van der Waals surface area contributed by atoms with Gasteiger partial charge in [0.2, 0.25) is 0 Å². The van der Waals surface area contributed by atoms with Crippen molar-refractivity contribution in [2.75, 3.05) is 20.6 Å². The van der Waals surface area contributed by atoms with Crippen molar-refractivity contribution in [3.8, 4) is 0 Å². The van der Waals surface area contributed by atoms with E-state index in [2.05, 4.69) is 64.1 Å². The van der Waals surface area contributed by atoms with E-state index in [1.807, 2.05) is 11.3 Å². The highest BCUT2D eigenvalue weighted by Crippen LogP contribution is 2.22. The third-order valence-electron chi connectivity index (χ3n) is 3.24. The summed E-state index contributed by atoms with van der Waals surface area (Å²) in [5.41, 5.74) is 0.195. The molecule has 0 spiro atoms. The maximum atomic E-state index is 3.60. The van der Waals surface area contributed by atoms with Gasteiger partial charge in [-0.15, -0.1) is 11.3 Å². The van der Waals surface area contributed by atoms with E-state index in [0.29, 0.717) is 6.04 Å². The summed E-state index contributed by atoms with van der Waals surface area (Å²) in [6.45, 7) is 9.90. The number of hydrogen-bond acceptors (Lipinski definition) is 3. The summed E-state index contributed by atoms with van der Waals surface area (Å²) in [6, 6.07) is 4.85. The van der Waals surface area contributed by atoms with E-state index in [1.54, 1.807) is 0 Å². The fourth-order valence-electron chi connectivity index (χ4n) is 1.35. The second-order valence-corrected chi connectivity index (χ2v) is 6.58. The Morgan fingerprint density at radius 3 is 2.44 bits per heavy atom. The van der Waals surface area contributed by atoms with Crippen LogP contribution in [0.25, 0.3) is 0 Å². The summed E-state index contributed by atoms with van der Waals surface area (Å²) >= 11 is 1.88.